The van der Waals surface area contributed by atoms with Gasteiger partial charge in [0.2, 0.25) is 5.89 Å². The van der Waals surface area contributed by atoms with Gasteiger partial charge in [-0.05, 0) is 29.8 Å². The minimum atomic E-state index is 0. The maximum absolute atomic E-state index is 6.37. The van der Waals surface area contributed by atoms with Gasteiger partial charge in [0.15, 0.2) is 17.5 Å². The fraction of sp³-hybridized carbons (Fsp3) is 0.273. The Morgan fingerprint density at radius 2 is 1.87 bits per heavy atom. The fourth-order valence-electron chi connectivity index (χ4n) is 3.07. The molecule has 3 aromatic rings. The first-order valence-electron chi connectivity index (χ1n) is 9.75. The second-order valence-corrected chi connectivity index (χ2v) is 7.15. The molecule has 0 atom stereocenters. The Bertz CT molecular complexity index is 1030. The van der Waals surface area contributed by atoms with Crippen LogP contribution in [0.2, 0.25) is 5.02 Å². The number of rotatable bonds is 5. The van der Waals surface area contributed by atoms with E-state index in [1.54, 1.807) is 13.3 Å². The van der Waals surface area contributed by atoms with Gasteiger partial charge >= 0.3 is 0 Å². The Labute approximate surface area is 203 Å². The second-order valence-electron chi connectivity index (χ2n) is 6.74. The van der Waals surface area contributed by atoms with E-state index in [1.165, 1.54) is 0 Å². The number of halogens is 2. The van der Waals surface area contributed by atoms with Gasteiger partial charge in [0.25, 0.3) is 0 Å². The van der Waals surface area contributed by atoms with Crippen molar-refractivity contribution in [1.29, 1.82) is 0 Å². The van der Waals surface area contributed by atoms with Crippen LogP contribution in [-0.4, -0.2) is 31.2 Å². The van der Waals surface area contributed by atoms with E-state index >= 15 is 0 Å². The highest BCUT2D eigenvalue weighted by Gasteiger charge is 2.16. The number of aliphatic imine (C=N–C) groups is 1. The van der Waals surface area contributed by atoms with Crippen LogP contribution in [-0.2, 0) is 13.1 Å². The summed E-state index contributed by atoms with van der Waals surface area (Å²) in [6.07, 6.45) is 2.48. The van der Waals surface area contributed by atoms with Crippen molar-refractivity contribution in [2.24, 2.45) is 4.99 Å². The van der Waals surface area contributed by atoms with Gasteiger partial charge < -0.3 is 24.5 Å². The van der Waals surface area contributed by atoms with Gasteiger partial charge in [0, 0.05) is 25.6 Å². The molecule has 0 saturated heterocycles. The van der Waals surface area contributed by atoms with Crippen molar-refractivity contribution in [3.63, 3.8) is 0 Å². The number of nitrogens with one attached hydrogen (secondary N) is 2. The maximum Gasteiger partial charge on any atom is 0.226 e. The van der Waals surface area contributed by atoms with E-state index in [9.17, 15) is 0 Å². The number of ether oxygens (including phenoxy) is 2. The van der Waals surface area contributed by atoms with Crippen molar-refractivity contribution >= 4 is 41.5 Å². The summed E-state index contributed by atoms with van der Waals surface area (Å²) in [5.74, 6) is 2.52. The third-order valence-corrected chi connectivity index (χ3v) is 4.84. The van der Waals surface area contributed by atoms with Crippen molar-refractivity contribution in [2.45, 2.75) is 19.5 Å². The molecule has 1 aliphatic heterocycles. The molecule has 0 spiro atoms. The minimum Gasteiger partial charge on any atom is -0.489 e. The Morgan fingerprint density at radius 1 is 1.10 bits per heavy atom. The lowest BCUT2D eigenvalue weighted by atomic mass is 10.2. The highest BCUT2D eigenvalue weighted by atomic mass is 127. The molecule has 2 heterocycles. The zero-order chi connectivity index (χ0) is 20.8. The van der Waals surface area contributed by atoms with Crippen LogP contribution < -0.4 is 20.1 Å². The molecule has 0 saturated carbocycles. The van der Waals surface area contributed by atoms with Gasteiger partial charge in [-0.25, -0.2) is 4.98 Å². The number of guanidine groups is 1. The number of benzene rings is 2. The Kier molecular flexibility index (Phi) is 8.42. The quantitative estimate of drug-likeness (QED) is 0.272. The highest BCUT2D eigenvalue weighted by Crippen LogP contribution is 2.37. The molecule has 2 N–H and O–H groups in total. The molecule has 31 heavy (non-hydrogen) atoms. The molecular formula is C22H24ClIN4O3. The number of nitrogens with zero attached hydrogens (tertiary/aromatic N) is 2. The van der Waals surface area contributed by atoms with Crippen LogP contribution in [0.3, 0.4) is 0 Å². The predicted octanol–water partition coefficient (Wildman–Crippen LogP) is 4.64. The van der Waals surface area contributed by atoms with Crippen LogP contribution in [0.15, 0.2) is 58.1 Å². The van der Waals surface area contributed by atoms with Crippen molar-refractivity contribution in [2.75, 3.05) is 20.3 Å². The average Bonchev–Trinajstić information content (AvgIpc) is 3.12. The lowest BCUT2D eigenvalue weighted by Crippen LogP contribution is -2.36. The number of hydrogen-bond donors (Lipinski definition) is 2. The van der Waals surface area contributed by atoms with Crippen LogP contribution in [0.4, 0.5) is 0 Å². The molecule has 0 aliphatic carbocycles. The van der Waals surface area contributed by atoms with E-state index in [4.69, 9.17) is 25.5 Å². The Morgan fingerprint density at radius 3 is 2.68 bits per heavy atom. The van der Waals surface area contributed by atoms with E-state index in [0.29, 0.717) is 54.7 Å². The second kappa shape index (κ2) is 11.2. The highest BCUT2D eigenvalue weighted by molar-refractivity contribution is 14.0. The van der Waals surface area contributed by atoms with Gasteiger partial charge in [-0.15, -0.1) is 24.0 Å². The number of hydrogen-bond acceptors (Lipinski definition) is 5. The standard InChI is InChI=1S/C22H23ClN4O3.HI/c1-24-22(26-13-17-14-30-21(27-17)16-6-3-2-4-7-16)25-12-15-10-18(23)20-19(11-15)28-8-5-9-29-20;/h2-4,6-7,10-11,14H,5,8-9,12-13H2,1H3,(H2,24,25,26);1H. The van der Waals surface area contributed by atoms with Crippen LogP contribution in [0, 0.1) is 0 Å². The number of oxazole rings is 1. The summed E-state index contributed by atoms with van der Waals surface area (Å²) in [6.45, 7) is 2.24. The van der Waals surface area contributed by atoms with Crippen LogP contribution in [0.25, 0.3) is 11.5 Å². The molecule has 2 aromatic carbocycles. The molecule has 1 aromatic heterocycles. The molecule has 164 valence electrons. The van der Waals surface area contributed by atoms with E-state index < -0.39 is 0 Å². The van der Waals surface area contributed by atoms with E-state index in [0.717, 1.165) is 23.2 Å². The van der Waals surface area contributed by atoms with Crippen LogP contribution in [0.5, 0.6) is 11.5 Å². The zero-order valence-electron chi connectivity index (χ0n) is 17.1. The minimum absolute atomic E-state index is 0. The molecule has 7 nitrogen and oxygen atoms in total. The smallest absolute Gasteiger partial charge is 0.226 e. The number of fused-ring (bicyclic) bond motifs is 1. The van der Waals surface area contributed by atoms with Gasteiger partial charge in [-0.2, -0.15) is 0 Å². The lowest BCUT2D eigenvalue weighted by molar-refractivity contribution is 0.297. The molecule has 4 rings (SSSR count). The molecule has 9 heteroatoms. The van der Waals surface area contributed by atoms with Crippen molar-refractivity contribution in [3.8, 4) is 23.0 Å². The topological polar surface area (TPSA) is 80.9 Å². The summed E-state index contributed by atoms with van der Waals surface area (Å²) in [5, 5.41) is 7.05. The summed E-state index contributed by atoms with van der Waals surface area (Å²) in [7, 11) is 1.72. The summed E-state index contributed by atoms with van der Waals surface area (Å²) in [5.41, 5.74) is 2.70. The van der Waals surface area contributed by atoms with Gasteiger partial charge in [-0.1, -0.05) is 29.8 Å². The molecule has 0 radical (unpaired) electrons. The SMILES string of the molecule is CN=C(NCc1cc(Cl)c2c(c1)OCCCO2)NCc1coc(-c2ccccc2)n1.I. The zero-order valence-corrected chi connectivity index (χ0v) is 20.1. The largest absolute Gasteiger partial charge is 0.489 e. The first kappa shape index (κ1) is 23.2. The lowest BCUT2D eigenvalue weighted by Gasteiger charge is -2.14. The molecular weight excluding hydrogens is 531 g/mol. The first-order chi connectivity index (χ1) is 14.7. The van der Waals surface area contributed by atoms with Crippen LogP contribution in [0.1, 0.15) is 17.7 Å². The summed E-state index contributed by atoms with van der Waals surface area (Å²) in [4.78, 5) is 8.77. The summed E-state index contributed by atoms with van der Waals surface area (Å²) >= 11 is 6.37. The third kappa shape index (κ3) is 6.04. The first-order valence-corrected chi connectivity index (χ1v) is 10.1. The monoisotopic (exact) mass is 554 g/mol. The Hall–Kier alpha value is -2.46. The number of aromatic nitrogens is 1. The van der Waals surface area contributed by atoms with E-state index in [-0.39, 0.29) is 24.0 Å². The predicted molar refractivity (Wildman–Crippen MR) is 131 cm³/mol. The maximum atomic E-state index is 6.37. The normalized spacial score (nSPS) is 13.2. The van der Waals surface area contributed by atoms with Crippen molar-refractivity contribution < 1.29 is 13.9 Å². The molecule has 0 fully saturated rings. The van der Waals surface area contributed by atoms with E-state index in [1.807, 2.05) is 42.5 Å². The summed E-state index contributed by atoms with van der Waals surface area (Å²) in [6, 6.07) is 13.6. The third-order valence-electron chi connectivity index (χ3n) is 4.55. The average molecular weight is 555 g/mol. The van der Waals surface area contributed by atoms with Crippen LogP contribution >= 0.6 is 35.6 Å². The van der Waals surface area contributed by atoms with Crippen molar-refractivity contribution in [1.82, 2.24) is 15.6 Å². The van der Waals surface area contributed by atoms with Gasteiger partial charge in [-0.3, -0.25) is 4.99 Å². The molecule has 0 bridgehead atoms. The molecule has 0 amide bonds. The van der Waals surface area contributed by atoms with E-state index in [2.05, 4.69) is 20.6 Å². The van der Waals surface area contributed by atoms with Gasteiger partial charge in [0.1, 0.15) is 6.26 Å². The summed E-state index contributed by atoms with van der Waals surface area (Å²) < 4.78 is 17.0. The molecule has 1 aliphatic rings. The van der Waals surface area contributed by atoms with Crippen molar-refractivity contribution in [3.05, 3.63) is 65.0 Å². The fourth-order valence-corrected chi connectivity index (χ4v) is 3.36. The Balaban J connectivity index is 0.00000272. The van der Waals surface area contributed by atoms with Gasteiger partial charge in [0.05, 0.1) is 30.5 Å². The molecule has 0 unspecified atom stereocenters.